The summed E-state index contributed by atoms with van der Waals surface area (Å²) in [5.74, 6) is 1.35. The SMILES string of the molecule is Cc1cc(Cl)ccc1OC(C)C(=O)NCCc1nc2ccccc2[nH]1. The normalized spacial score (nSPS) is 12.1. The largest absolute Gasteiger partial charge is 0.481 e. The van der Waals surface area contributed by atoms with E-state index in [0.717, 1.165) is 22.4 Å². The standard InChI is InChI=1S/C19H20ClN3O2/c1-12-11-14(20)7-8-17(12)25-13(2)19(24)21-10-9-18-22-15-5-3-4-6-16(15)23-18/h3-8,11,13H,9-10H2,1-2H3,(H,21,24)(H,22,23). The van der Waals surface area contributed by atoms with Crippen molar-refractivity contribution >= 4 is 28.5 Å². The fourth-order valence-corrected chi connectivity index (χ4v) is 2.79. The number of benzene rings is 2. The maximum atomic E-state index is 12.2. The molecule has 130 valence electrons. The summed E-state index contributed by atoms with van der Waals surface area (Å²) in [6.45, 7) is 4.12. The highest BCUT2D eigenvalue weighted by molar-refractivity contribution is 6.30. The van der Waals surface area contributed by atoms with Crippen LogP contribution in [0.3, 0.4) is 0 Å². The maximum Gasteiger partial charge on any atom is 0.260 e. The first-order chi connectivity index (χ1) is 12.0. The summed E-state index contributed by atoms with van der Waals surface area (Å²) in [6, 6.07) is 13.2. The van der Waals surface area contributed by atoms with Crippen molar-refractivity contribution in [1.82, 2.24) is 15.3 Å². The summed E-state index contributed by atoms with van der Waals surface area (Å²) in [7, 11) is 0. The highest BCUT2D eigenvalue weighted by atomic mass is 35.5. The molecule has 1 amide bonds. The van der Waals surface area contributed by atoms with E-state index in [2.05, 4.69) is 15.3 Å². The Bertz CT molecular complexity index is 858. The number of H-pyrrole nitrogens is 1. The van der Waals surface area contributed by atoms with Crippen LogP contribution in [0, 0.1) is 6.92 Å². The second kappa shape index (κ2) is 7.57. The lowest BCUT2D eigenvalue weighted by Gasteiger charge is -2.16. The van der Waals surface area contributed by atoms with Gasteiger partial charge in [0.2, 0.25) is 0 Å². The van der Waals surface area contributed by atoms with Gasteiger partial charge < -0.3 is 15.0 Å². The minimum Gasteiger partial charge on any atom is -0.481 e. The average molecular weight is 358 g/mol. The van der Waals surface area contributed by atoms with Crippen molar-refractivity contribution in [3.05, 3.63) is 58.9 Å². The summed E-state index contributed by atoms with van der Waals surface area (Å²) in [6.07, 6.45) is 0.0446. The number of rotatable bonds is 6. The van der Waals surface area contributed by atoms with E-state index < -0.39 is 6.10 Å². The molecule has 0 saturated carbocycles. The summed E-state index contributed by atoms with van der Waals surface area (Å²) in [5, 5.41) is 3.52. The van der Waals surface area contributed by atoms with Gasteiger partial charge in [-0.1, -0.05) is 23.7 Å². The van der Waals surface area contributed by atoms with Crippen molar-refractivity contribution in [1.29, 1.82) is 0 Å². The predicted molar refractivity (Wildman–Crippen MR) is 99.1 cm³/mol. The number of aryl methyl sites for hydroxylation is 1. The number of aromatic amines is 1. The van der Waals surface area contributed by atoms with E-state index >= 15 is 0 Å². The average Bonchev–Trinajstić information content (AvgIpc) is 3.00. The van der Waals surface area contributed by atoms with E-state index in [1.165, 1.54) is 0 Å². The number of ether oxygens (including phenoxy) is 1. The van der Waals surface area contributed by atoms with Gasteiger partial charge in [0.05, 0.1) is 11.0 Å². The van der Waals surface area contributed by atoms with Crippen LogP contribution in [0.1, 0.15) is 18.3 Å². The number of carbonyl (C=O) groups excluding carboxylic acids is 1. The quantitative estimate of drug-likeness (QED) is 0.707. The van der Waals surface area contributed by atoms with Crippen molar-refractivity contribution in [2.75, 3.05) is 6.54 Å². The second-order valence-electron chi connectivity index (χ2n) is 5.91. The molecular weight excluding hydrogens is 338 g/mol. The van der Waals surface area contributed by atoms with E-state index in [0.29, 0.717) is 23.7 Å². The monoisotopic (exact) mass is 357 g/mol. The molecule has 2 N–H and O–H groups in total. The number of fused-ring (bicyclic) bond motifs is 1. The van der Waals surface area contributed by atoms with E-state index in [4.69, 9.17) is 16.3 Å². The van der Waals surface area contributed by atoms with Gasteiger partial charge in [-0.2, -0.15) is 0 Å². The van der Waals surface area contributed by atoms with E-state index in [-0.39, 0.29) is 5.91 Å². The zero-order chi connectivity index (χ0) is 17.8. The summed E-state index contributed by atoms with van der Waals surface area (Å²) in [4.78, 5) is 19.9. The Labute approximate surface area is 151 Å². The number of aromatic nitrogens is 2. The van der Waals surface area contributed by atoms with Gasteiger partial charge >= 0.3 is 0 Å². The molecule has 0 aliphatic rings. The van der Waals surface area contributed by atoms with E-state index in [9.17, 15) is 4.79 Å². The first kappa shape index (κ1) is 17.3. The molecule has 5 nitrogen and oxygen atoms in total. The first-order valence-electron chi connectivity index (χ1n) is 8.17. The van der Waals surface area contributed by atoms with Gasteiger partial charge in [-0.05, 0) is 49.7 Å². The Balaban J connectivity index is 1.51. The molecule has 3 rings (SSSR count). The third kappa shape index (κ3) is 4.31. The van der Waals surface area contributed by atoms with Crippen LogP contribution in [-0.2, 0) is 11.2 Å². The van der Waals surface area contributed by atoms with Crippen LogP contribution in [0.15, 0.2) is 42.5 Å². The Morgan fingerprint density at radius 2 is 2.12 bits per heavy atom. The van der Waals surface area contributed by atoms with Gasteiger partial charge in [-0.15, -0.1) is 0 Å². The molecule has 0 aliphatic carbocycles. The first-order valence-corrected chi connectivity index (χ1v) is 8.55. The number of halogens is 1. The lowest BCUT2D eigenvalue weighted by Crippen LogP contribution is -2.37. The topological polar surface area (TPSA) is 67.0 Å². The number of para-hydroxylation sites is 2. The Kier molecular flexibility index (Phi) is 5.24. The van der Waals surface area contributed by atoms with Gasteiger partial charge in [0.25, 0.3) is 5.91 Å². The zero-order valence-electron chi connectivity index (χ0n) is 14.2. The molecule has 0 fully saturated rings. The highest BCUT2D eigenvalue weighted by Gasteiger charge is 2.15. The molecule has 0 radical (unpaired) electrons. The van der Waals surface area contributed by atoms with Gasteiger partial charge in [-0.25, -0.2) is 4.98 Å². The molecular formula is C19H20ClN3O2. The van der Waals surface area contributed by atoms with Crippen molar-refractivity contribution in [2.45, 2.75) is 26.4 Å². The molecule has 2 aromatic carbocycles. The van der Waals surface area contributed by atoms with Gasteiger partial charge in [-0.3, -0.25) is 4.79 Å². The van der Waals surface area contributed by atoms with Gasteiger partial charge in [0.1, 0.15) is 11.6 Å². The molecule has 0 spiro atoms. The van der Waals surface area contributed by atoms with Crippen LogP contribution >= 0.6 is 11.6 Å². The number of nitrogens with zero attached hydrogens (tertiary/aromatic N) is 1. The molecule has 0 bridgehead atoms. The number of nitrogens with one attached hydrogen (secondary N) is 2. The summed E-state index contributed by atoms with van der Waals surface area (Å²) >= 11 is 5.93. The van der Waals surface area contributed by atoms with Crippen molar-refractivity contribution in [3.8, 4) is 5.75 Å². The fourth-order valence-electron chi connectivity index (χ4n) is 2.56. The molecule has 1 heterocycles. The number of carbonyl (C=O) groups is 1. The van der Waals surface area contributed by atoms with Gasteiger partial charge in [0.15, 0.2) is 6.10 Å². The lowest BCUT2D eigenvalue weighted by atomic mass is 10.2. The fraction of sp³-hybridized carbons (Fsp3) is 0.263. The Morgan fingerprint density at radius 1 is 1.32 bits per heavy atom. The molecule has 6 heteroatoms. The smallest absolute Gasteiger partial charge is 0.260 e. The van der Waals surface area contributed by atoms with E-state index in [1.807, 2.05) is 37.3 Å². The minimum atomic E-state index is -0.587. The highest BCUT2D eigenvalue weighted by Crippen LogP contribution is 2.22. The molecule has 3 aromatic rings. The number of hydrogen-bond acceptors (Lipinski definition) is 3. The van der Waals surface area contributed by atoms with Crippen molar-refractivity contribution < 1.29 is 9.53 Å². The summed E-state index contributed by atoms with van der Waals surface area (Å²) in [5.41, 5.74) is 2.83. The molecule has 0 saturated heterocycles. The Hall–Kier alpha value is -2.53. The van der Waals surface area contributed by atoms with Crippen LogP contribution in [0.4, 0.5) is 0 Å². The van der Waals surface area contributed by atoms with Crippen molar-refractivity contribution in [3.63, 3.8) is 0 Å². The second-order valence-corrected chi connectivity index (χ2v) is 6.35. The minimum absolute atomic E-state index is 0.162. The van der Waals surface area contributed by atoms with Crippen LogP contribution in [0.5, 0.6) is 5.75 Å². The molecule has 25 heavy (non-hydrogen) atoms. The van der Waals surface area contributed by atoms with Crippen LogP contribution < -0.4 is 10.1 Å². The molecule has 1 aromatic heterocycles. The summed E-state index contributed by atoms with van der Waals surface area (Å²) < 4.78 is 5.72. The number of amides is 1. The maximum absolute atomic E-state index is 12.2. The van der Waals surface area contributed by atoms with Crippen LogP contribution in [-0.4, -0.2) is 28.5 Å². The third-order valence-corrected chi connectivity index (χ3v) is 4.14. The van der Waals surface area contributed by atoms with Crippen molar-refractivity contribution in [2.24, 2.45) is 0 Å². The number of imidazole rings is 1. The van der Waals surface area contributed by atoms with Crippen LogP contribution in [0.2, 0.25) is 5.02 Å². The van der Waals surface area contributed by atoms with E-state index in [1.54, 1.807) is 19.1 Å². The van der Waals surface area contributed by atoms with Gasteiger partial charge in [0, 0.05) is 18.0 Å². The van der Waals surface area contributed by atoms with Crippen LogP contribution in [0.25, 0.3) is 11.0 Å². The molecule has 1 atom stereocenters. The lowest BCUT2D eigenvalue weighted by molar-refractivity contribution is -0.127. The Morgan fingerprint density at radius 3 is 2.88 bits per heavy atom. The predicted octanol–water partition coefficient (Wildman–Crippen LogP) is 3.65. The zero-order valence-corrected chi connectivity index (χ0v) is 14.9. The third-order valence-electron chi connectivity index (χ3n) is 3.91. The molecule has 1 unspecified atom stereocenters. The number of hydrogen-bond donors (Lipinski definition) is 2. The molecule has 0 aliphatic heterocycles.